The second-order valence-electron chi connectivity index (χ2n) is 6.93. The van der Waals surface area contributed by atoms with Crippen LogP contribution in [0.2, 0.25) is 0 Å². The Morgan fingerprint density at radius 2 is 1.53 bits per heavy atom. The van der Waals surface area contributed by atoms with Crippen molar-refractivity contribution >= 4 is 13.3 Å². The van der Waals surface area contributed by atoms with E-state index in [9.17, 15) is 4.57 Å². The molecule has 0 aliphatic carbocycles. The molecule has 0 heterocycles. The summed E-state index contributed by atoms with van der Waals surface area (Å²) in [5, 5.41) is 3.37. The molecule has 166 valence electrons. The first-order valence-corrected chi connectivity index (χ1v) is 12.1. The van der Waals surface area contributed by atoms with E-state index in [0.29, 0.717) is 30.3 Å². The molecule has 6 nitrogen and oxygen atoms in total. The number of hydrogen-bond donors (Lipinski definition) is 1. The van der Waals surface area contributed by atoms with Gasteiger partial charge in [0.05, 0.1) is 27.4 Å². The summed E-state index contributed by atoms with van der Waals surface area (Å²) < 4.78 is 36.9. The molecular formula is C23H34NO5P. The zero-order valence-electron chi connectivity index (χ0n) is 18.4. The lowest BCUT2D eigenvalue weighted by molar-refractivity contribution is 0.194. The highest BCUT2D eigenvalue weighted by molar-refractivity contribution is 7.54. The predicted molar refractivity (Wildman–Crippen MR) is 122 cm³/mol. The van der Waals surface area contributed by atoms with Crippen LogP contribution >= 0.6 is 7.60 Å². The number of benzene rings is 2. The van der Waals surface area contributed by atoms with Crippen LogP contribution in [0.4, 0.5) is 5.69 Å². The van der Waals surface area contributed by atoms with Crippen LogP contribution in [0.15, 0.2) is 48.5 Å². The molecule has 0 saturated heterocycles. The van der Waals surface area contributed by atoms with Crippen LogP contribution in [0.3, 0.4) is 0 Å². The van der Waals surface area contributed by atoms with Gasteiger partial charge in [0, 0.05) is 17.3 Å². The molecule has 0 bridgehead atoms. The second kappa shape index (κ2) is 12.6. The van der Waals surface area contributed by atoms with E-state index in [1.807, 2.05) is 42.5 Å². The van der Waals surface area contributed by atoms with Crippen molar-refractivity contribution in [1.29, 1.82) is 0 Å². The Balaban J connectivity index is 2.49. The Hall–Kier alpha value is -2.01. The van der Waals surface area contributed by atoms with Crippen molar-refractivity contribution in [2.75, 3.05) is 32.8 Å². The van der Waals surface area contributed by atoms with Gasteiger partial charge in [-0.3, -0.25) is 4.57 Å². The van der Waals surface area contributed by atoms with Crippen LogP contribution in [0.25, 0.3) is 0 Å². The van der Waals surface area contributed by atoms with Gasteiger partial charge in [-0.15, -0.1) is 0 Å². The fraction of sp³-hybridized carbons (Fsp3) is 0.478. The molecule has 0 aliphatic heterocycles. The maximum Gasteiger partial charge on any atom is 0.357 e. The Morgan fingerprint density at radius 3 is 2.07 bits per heavy atom. The Morgan fingerprint density at radius 1 is 0.900 bits per heavy atom. The molecule has 1 atom stereocenters. The molecule has 0 aromatic heterocycles. The van der Waals surface area contributed by atoms with Crippen LogP contribution < -0.4 is 14.8 Å². The lowest BCUT2D eigenvalue weighted by Gasteiger charge is -2.30. The molecule has 7 heteroatoms. The highest BCUT2D eigenvalue weighted by Crippen LogP contribution is 2.62. The largest absolute Gasteiger partial charge is 0.497 e. The molecule has 0 unspecified atom stereocenters. The summed E-state index contributed by atoms with van der Waals surface area (Å²) in [6.07, 6.45) is 3.49. The van der Waals surface area contributed by atoms with Crippen LogP contribution in [0, 0.1) is 0 Å². The van der Waals surface area contributed by atoms with E-state index in [-0.39, 0.29) is 0 Å². The van der Waals surface area contributed by atoms with Crippen molar-refractivity contribution in [2.45, 2.75) is 45.3 Å². The number of methoxy groups -OCH3 is 2. The number of para-hydroxylation sites is 1. The maximum absolute atomic E-state index is 14.1. The molecular weight excluding hydrogens is 401 g/mol. The van der Waals surface area contributed by atoms with Gasteiger partial charge >= 0.3 is 7.60 Å². The topological polar surface area (TPSA) is 66.0 Å². The summed E-state index contributed by atoms with van der Waals surface area (Å²) in [5.74, 6) is 0.485. The molecule has 2 rings (SSSR count). The van der Waals surface area contributed by atoms with Crippen molar-refractivity contribution in [2.24, 2.45) is 0 Å². The zero-order chi connectivity index (χ0) is 21.8. The van der Waals surface area contributed by atoms with E-state index in [2.05, 4.69) is 19.2 Å². The summed E-state index contributed by atoms with van der Waals surface area (Å²) in [4.78, 5) is 0. The third-order valence-corrected chi connectivity index (χ3v) is 6.79. The van der Waals surface area contributed by atoms with E-state index >= 15 is 0 Å². The number of ether oxygens (including phenoxy) is 2. The highest BCUT2D eigenvalue weighted by Gasteiger charge is 2.39. The van der Waals surface area contributed by atoms with Crippen LogP contribution in [-0.4, -0.2) is 27.4 Å². The van der Waals surface area contributed by atoms with Crippen molar-refractivity contribution in [3.8, 4) is 11.5 Å². The van der Waals surface area contributed by atoms with Gasteiger partial charge in [0.2, 0.25) is 0 Å². The molecule has 30 heavy (non-hydrogen) atoms. The van der Waals surface area contributed by atoms with Crippen molar-refractivity contribution in [3.05, 3.63) is 54.1 Å². The normalized spacial score (nSPS) is 12.4. The molecule has 0 spiro atoms. The summed E-state index contributed by atoms with van der Waals surface area (Å²) in [6.45, 7) is 4.87. The molecule has 1 N–H and O–H groups in total. The summed E-state index contributed by atoms with van der Waals surface area (Å²) >= 11 is 0. The van der Waals surface area contributed by atoms with Crippen LogP contribution in [0.5, 0.6) is 11.5 Å². The van der Waals surface area contributed by atoms with Gasteiger partial charge in [0.15, 0.2) is 5.78 Å². The Labute approximate surface area is 180 Å². The summed E-state index contributed by atoms with van der Waals surface area (Å²) in [6, 6.07) is 15.1. The first kappa shape index (κ1) is 24.3. The first-order chi connectivity index (χ1) is 14.6. The minimum atomic E-state index is -3.57. The summed E-state index contributed by atoms with van der Waals surface area (Å²) in [7, 11) is -0.392. The van der Waals surface area contributed by atoms with E-state index in [4.69, 9.17) is 18.5 Å². The van der Waals surface area contributed by atoms with Gasteiger partial charge in [-0.2, -0.15) is 0 Å². The smallest absolute Gasteiger partial charge is 0.357 e. The molecule has 0 amide bonds. The highest BCUT2D eigenvalue weighted by atomic mass is 31.2. The lowest BCUT2D eigenvalue weighted by atomic mass is 10.1. The molecule has 2 aromatic rings. The van der Waals surface area contributed by atoms with Crippen molar-refractivity contribution < 1.29 is 23.1 Å². The minimum Gasteiger partial charge on any atom is -0.497 e. The number of unbranched alkanes of at least 4 members (excludes halogenated alkanes) is 2. The van der Waals surface area contributed by atoms with Gasteiger partial charge in [-0.05, 0) is 37.1 Å². The fourth-order valence-corrected chi connectivity index (χ4v) is 4.92. The average Bonchev–Trinajstić information content (AvgIpc) is 2.78. The SMILES string of the molecule is CCCCOP(=O)(OCCCC)[C@@H](Nc1ccccc1)c1ccc(OC)cc1OC. The summed E-state index contributed by atoms with van der Waals surface area (Å²) in [5.41, 5.74) is 1.51. The van der Waals surface area contributed by atoms with E-state index < -0.39 is 13.4 Å². The maximum atomic E-state index is 14.1. The fourth-order valence-electron chi connectivity index (χ4n) is 2.92. The van der Waals surface area contributed by atoms with E-state index in [1.165, 1.54) is 0 Å². The Bertz CT molecular complexity index is 785. The van der Waals surface area contributed by atoms with E-state index in [0.717, 1.165) is 31.4 Å². The van der Waals surface area contributed by atoms with Gasteiger partial charge in [-0.25, -0.2) is 0 Å². The van der Waals surface area contributed by atoms with Gasteiger partial charge < -0.3 is 23.8 Å². The molecule has 0 fully saturated rings. The molecule has 0 radical (unpaired) electrons. The van der Waals surface area contributed by atoms with Crippen LogP contribution in [0.1, 0.15) is 50.9 Å². The Kier molecular flexibility index (Phi) is 10.2. The minimum absolute atomic E-state index is 0.366. The molecule has 2 aromatic carbocycles. The lowest BCUT2D eigenvalue weighted by Crippen LogP contribution is -2.17. The number of nitrogens with one attached hydrogen (secondary N) is 1. The third kappa shape index (κ3) is 6.76. The van der Waals surface area contributed by atoms with E-state index in [1.54, 1.807) is 20.3 Å². The van der Waals surface area contributed by atoms with Crippen molar-refractivity contribution in [1.82, 2.24) is 0 Å². The average molecular weight is 436 g/mol. The number of anilines is 1. The monoisotopic (exact) mass is 435 g/mol. The van der Waals surface area contributed by atoms with Crippen LogP contribution in [-0.2, 0) is 13.6 Å². The second-order valence-corrected chi connectivity index (χ2v) is 9.05. The van der Waals surface area contributed by atoms with Gasteiger partial charge in [-0.1, -0.05) is 44.9 Å². The standard InChI is InChI=1S/C23H34NO5P/c1-5-7-16-28-30(25,29-17-8-6-2)23(24-19-12-10-9-11-13-19)21-15-14-20(26-3)18-22(21)27-4/h9-15,18,23-24H,5-8,16-17H2,1-4H3/t23-/m1/s1. The first-order valence-electron chi connectivity index (χ1n) is 10.5. The van der Waals surface area contributed by atoms with Gasteiger partial charge in [0.1, 0.15) is 11.5 Å². The number of hydrogen-bond acceptors (Lipinski definition) is 6. The zero-order valence-corrected chi connectivity index (χ0v) is 19.3. The molecule has 0 saturated carbocycles. The van der Waals surface area contributed by atoms with Gasteiger partial charge in [0.25, 0.3) is 0 Å². The predicted octanol–water partition coefficient (Wildman–Crippen LogP) is 6.64. The van der Waals surface area contributed by atoms with Crippen molar-refractivity contribution in [3.63, 3.8) is 0 Å². The molecule has 0 aliphatic rings. The quantitative estimate of drug-likeness (QED) is 0.265. The number of rotatable bonds is 14. The third-order valence-electron chi connectivity index (χ3n) is 4.67.